The maximum atomic E-state index is 12.1. The molecule has 0 spiro atoms. The number of benzene rings is 1. The predicted molar refractivity (Wildman–Crippen MR) is 110 cm³/mol. The molecule has 1 aliphatic rings. The first-order chi connectivity index (χ1) is 13.2. The number of rotatable bonds is 7. The van der Waals surface area contributed by atoms with Crippen molar-refractivity contribution in [2.24, 2.45) is 5.92 Å². The zero-order valence-electron chi connectivity index (χ0n) is 15.0. The van der Waals surface area contributed by atoms with Crippen molar-refractivity contribution in [2.45, 2.75) is 29.2 Å². The Morgan fingerprint density at radius 1 is 1.19 bits per heavy atom. The van der Waals surface area contributed by atoms with E-state index in [1.54, 1.807) is 11.8 Å². The minimum atomic E-state index is 0.0418. The lowest BCUT2D eigenvalue weighted by Crippen LogP contribution is -2.41. The lowest BCUT2D eigenvalue weighted by Gasteiger charge is -2.31. The molecule has 144 valence electrons. The minimum absolute atomic E-state index is 0.0418. The number of anilines is 1. The third-order valence-electron chi connectivity index (χ3n) is 4.49. The van der Waals surface area contributed by atoms with Gasteiger partial charge in [0.15, 0.2) is 5.82 Å². The number of aliphatic hydroxyl groups is 1. The fraction of sp³-hybridized carbons (Fsp3) is 0.421. The van der Waals surface area contributed by atoms with E-state index in [0.29, 0.717) is 13.0 Å². The fourth-order valence-corrected chi connectivity index (χ4v) is 3.96. The van der Waals surface area contributed by atoms with Crippen LogP contribution in [-0.4, -0.2) is 47.5 Å². The number of carbonyl (C=O) groups is 1. The molecule has 6 nitrogen and oxygen atoms in total. The van der Waals surface area contributed by atoms with Crippen molar-refractivity contribution in [3.63, 3.8) is 0 Å². The Labute approximate surface area is 171 Å². The molecule has 3 rings (SSSR count). The van der Waals surface area contributed by atoms with Gasteiger partial charge in [-0.15, -0.1) is 10.2 Å². The smallest absolute Gasteiger partial charge is 0.223 e. The Balaban J connectivity index is 1.49. The number of aliphatic hydroxyl groups excluding tert-OH is 1. The molecule has 1 fully saturated rings. The molecular formula is C19H23BrN4O2S. The molecule has 0 radical (unpaired) electrons. The SMILES string of the molecule is O=C(NCCCO)C1CCN(c2ccc(Sc3ccc(Br)cc3)nn2)CC1. The van der Waals surface area contributed by atoms with Crippen LogP contribution < -0.4 is 10.2 Å². The summed E-state index contributed by atoms with van der Waals surface area (Å²) in [6.07, 6.45) is 2.22. The molecule has 1 aliphatic heterocycles. The lowest BCUT2D eigenvalue weighted by atomic mass is 9.96. The third-order valence-corrected chi connectivity index (χ3v) is 5.95. The number of nitrogens with zero attached hydrogens (tertiary/aromatic N) is 3. The van der Waals surface area contributed by atoms with E-state index in [9.17, 15) is 4.79 Å². The molecule has 1 aromatic carbocycles. The second-order valence-electron chi connectivity index (χ2n) is 6.42. The highest BCUT2D eigenvalue weighted by Crippen LogP contribution is 2.28. The van der Waals surface area contributed by atoms with Gasteiger partial charge in [0.2, 0.25) is 5.91 Å². The van der Waals surface area contributed by atoms with Crippen LogP contribution in [0.25, 0.3) is 0 Å². The van der Waals surface area contributed by atoms with Crippen molar-refractivity contribution < 1.29 is 9.90 Å². The summed E-state index contributed by atoms with van der Waals surface area (Å²) in [5, 5.41) is 21.2. The van der Waals surface area contributed by atoms with Crippen molar-refractivity contribution in [2.75, 3.05) is 31.1 Å². The van der Waals surface area contributed by atoms with Gasteiger partial charge < -0.3 is 15.3 Å². The predicted octanol–water partition coefficient (Wildman–Crippen LogP) is 3.11. The highest BCUT2D eigenvalue weighted by atomic mass is 79.9. The molecule has 2 aromatic rings. The summed E-state index contributed by atoms with van der Waals surface area (Å²) in [7, 11) is 0. The average molecular weight is 451 g/mol. The van der Waals surface area contributed by atoms with Gasteiger partial charge >= 0.3 is 0 Å². The molecule has 1 saturated heterocycles. The summed E-state index contributed by atoms with van der Waals surface area (Å²) >= 11 is 5.02. The first kappa shape index (κ1) is 20.1. The molecule has 2 heterocycles. The Hall–Kier alpha value is -1.64. The van der Waals surface area contributed by atoms with E-state index in [1.165, 1.54) is 0 Å². The van der Waals surface area contributed by atoms with Crippen LogP contribution in [0.2, 0.25) is 0 Å². The zero-order chi connectivity index (χ0) is 19.1. The van der Waals surface area contributed by atoms with Crippen molar-refractivity contribution in [1.29, 1.82) is 0 Å². The van der Waals surface area contributed by atoms with Crippen LogP contribution in [0, 0.1) is 5.92 Å². The topological polar surface area (TPSA) is 78.4 Å². The summed E-state index contributed by atoms with van der Waals surface area (Å²) in [5.74, 6) is 0.991. The summed E-state index contributed by atoms with van der Waals surface area (Å²) in [6, 6.07) is 12.1. The Morgan fingerprint density at radius 2 is 1.93 bits per heavy atom. The van der Waals surface area contributed by atoms with Gasteiger partial charge in [0, 0.05) is 41.5 Å². The van der Waals surface area contributed by atoms with E-state index in [0.717, 1.165) is 46.1 Å². The lowest BCUT2D eigenvalue weighted by molar-refractivity contribution is -0.125. The molecule has 1 amide bonds. The van der Waals surface area contributed by atoms with Crippen LogP contribution in [0.3, 0.4) is 0 Å². The van der Waals surface area contributed by atoms with Gasteiger partial charge in [0.1, 0.15) is 5.03 Å². The molecule has 2 N–H and O–H groups in total. The number of aromatic nitrogens is 2. The maximum Gasteiger partial charge on any atom is 0.223 e. The van der Waals surface area contributed by atoms with E-state index in [4.69, 9.17) is 5.11 Å². The second-order valence-corrected chi connectivity index (χ2v) is 8.42. The number of piperidine rings is 1. The average Bonchev–Trinajstić information content (AvgIpc) is 2.70. The molecule has 8 heteroatoms. The number of hydrogen-bond donors (Lipinski definition) is 2. The summed E-state index contributed by atoms with van der Waals surface area (Å²) in [4.78, 5) is 15.4. The van der Waals surface area contributed by atoms with Crippen LogP contribution in [0.1, 0.15) is 19.3 Å². The van der Waals surface area contributed by atoms with Crippen molar-refractivity contribution in [1.82, 2.24) is 15.5 Å². The molecule has 0 saturated carbocycles. The number of amides is 1. The van der Waals surface area contributed by atoms with Gasteiger partial charge in [-0.3, -0.25) is 4.79 Å². The molecular weight excluding hydrogens is 428 g/mol. The van der Waals surface area contributed by atoms with Crippen LogP contribution in [0.5, 0.6) is 0 Å². The van der Waals surface area contributed by atoms with Gasteiger partial charge in [-0.25, -0.2) is 0 Å². The van der Waals surface area contributed by atoms with Crippen molar-refractivity contribution >= 4 is 39.4 Å². The van der Waals surface area contributed by atoms with Gasteiger partial charge in [-0.2, -0.15) is 0 Å². The highest BCUT2D eigenvalue weighted by molar-refractivity contribution is 9.10. The monoisotopic (exact) mass is 450 g/mol. The summed E-state index contributed by atoms with van der Waals surface area (Å²) in [6.45, 7) is 2.24. The van der Waals surface area contributed by atoms with Gasteiger partial charge in [0.05, 0.1) is 0 Å². The van der Waals surface area contributed by atoms with E-state index in [-0.39, 0.29) is 18.4 Å². The summed E-state index contributed by atoms with van der Waals surface area (Å²) < 4.78 is 1.05. The minimum Gasteiger partial charge on any atom is -0.396 e. The first-order valence-corrected chi connectivity index (χ1v) is 10.7. The van der Waals surface area contributed by atoms with E-state index >= 15 is 0 Å². The summed E-state index contributed by atoms with van der Waals surface area (Å²) in [5.41, 5.74) is 0. The molecule has 0 atom stereocenters. The molecule has 27 heavy (non-hydrogen) atoms. The van der Waals surface area contributed by atoms with Crippen molar-refractivity contribution in [3.05, 3.63) is 40.9 Å². The van der Waals surface area contributed by atoms with E-state index < -0.39 is 0 Å². The maximum absolute atomic E-state index is 12.1. The quantitative estimate of drug-likeness (QED) is 0.630. The normalized spacial score (nSPS) is 15.0. The van der Waals surface area contributed by atoms with Crippen molar-refractivity contribution in [3.8, 4) is 0 Å². The third kappa shape index (κ3) is 5.92. The number of halogens is 1. The molecule has 0 unspecified atom stereocenters. The molecule has 0 aliphatic carbocycles. The van der Waals surface area contributed by atoms with Gasteiger partial charge in [-0.05, 0) is 55.7 Å². The Kier molecular flexibility index (Phi) is 7.49. The highest BCUT2D eigenvalue weighted by Gasteiger charge is 2.25. The standard InChI is InChI=1S/C19H23BrN4O2S/c20-15-2-4-16(5-3-15)27-18-7-6-17(22-23-18)24-11-8-14(9-12-24)19(26)21-10-1-13-25/h2-7,14,25H,1,8-13H2,(H,21,26). The van der Waals surface area contributed by atoms with Gasteiger partial charge in [0.25, 0.3) is 0 Å². The number of nitrogens with one attached hydrogen (secondary N) is 1. The Bertz CT molecular complexity index is 734. The van der Waals surface area contributed by atoms with Gasteiger partial charge in [-0.1, -0.05) is 27.7 Å². The van der Waals surface area contributed by atoms with Crippen LogP contribution in [0.15, 0.2) is 50.8 Å². The zero-order valence-corrected chi connectivity index (χ0v) is 17.4. The Morgan fingerprint density at radius 3 is 2.56 bits per heavy atom. The van der Waals surface area contributed by atoms with Crippen LogP contribution in [0.4, 0.5) is 5.82 Å². The number of hydrogen-bond acceptors (Lipinski definition) is 6. The second kappa shape index (κ2) is 10.1. The van der Waals surface area contributed by atoms with Crippen LogP contribution >= 0.6 is 27.7 Å². The largest absolute Gasteiger partial charge is 0.396 e. The fourth-order valence-electron chi connectivity index (χ4n) is 2.97. The van der Waals surface area contributed by atoms with E-state index in [1.807, 2.05) is 36.4 Å². The first-order valence-electron chi connectivity index (χ1n) is 9.06. The molecule has 0 bridgehead atoms. The van der Waals surface area contributed by atoms with E-state index in [2.05, 4.69) is 36.3 Å². The van der Waals surface area contributed by atoms with Crippen LogP contribution in [-0.2, 0) is 4.79 Å². The number of carbonyl (C=O) groups excluding carboxylic acids is 1. The molecule has 1 aromatic heterocycles.